The molecule has 0 aromatic carbocycles. The van der Waals surface area contributed by atoms with Crippen molar-refractivity contribution in [2.75, 3.05) is 0 Å². The van der Waals surface area contributed by atoms with Crippen LogP contribution in [-0.2, 0) is 0 Å². The number of nitrogens with one attached hydrogen (secondary N) is 1. The van der Waals surface area contributed by atoms with Crippen LogP contribution >= 0.6 is 0 Å². The molecule has 0 aromatic rings. The molecule has 0 unspecified atom stereocenters. The highest BCUT2D eigenvalue weighted by molar-refractivity contribution is 6.53. The van der Waals surface area contributed by atoms with E-state index in [4.69, 9.17) is 0 Å². The first-order chi connectivity index (χ1) is 2.77. The fourth-order valence-electron chi connectivity index (χ4n) is 0.236. The predicted octanol–water partition coefficient (Wildman–Crippen LogP) is 0.703. The van der Waals surface area contributed by atoms with Crippen LogP contribution in [0.25, 0.3) is 0 Å². The van der Waals surface area contributed by atoms with Gasteiger partial charge in [-0.2, -0.15) is 0 Å². The van der Waals surface area contributed by atoms with Gasteiger partial charge in [0.15, 0.2) is 0 Å². The summed E-state index contributed by atoms with van der Waals surface area (Å²) in [6.45, 7) is 7.94. The van der Waals surface area contributed by atoms with Crippen molar-refractivity contribution in [3.8, 4) is 0 Å². The van der Waals surface area contributed by atoms with Gasteiger partial charge in [-0.25, -0.2) is 0 Å². The Morgan fingerprint density at radius 1 is 1.67 bits per heavy atom. The van der Waals surface area contributed by atoms with E-state index in [9.17, 15) is 0 Å². The lowest BCUT2D eigenvalue weighted by Crippen LogP contribution is -2.19. The summed E-state index contributed by atoms with van der Waals surface area (Å²) in [4.78, 5) is 3.11. The molecule has 0 aliphatic rings. The van der Waals surface area contributed by atoms with Gasteiger partial charge in [0.1, 0.15) is 8.96 Å². The molecule has 0 heterocycles. The lowest BCUT2D eigenvalue weighted by molar-refractivity contribution is 1.33. The van der Waals surface area contributed by atoms with Crippen LogP contribution in [0.5, 0.6) is 0 Å². The van der Waals surface area contributed by atoms with E-state index >= 15 is 0 Å². The summed E-state index contributed by atoms with van der Waals surface area (Å²) < 4.78 is 0. The van der Waals surface area contributed by atoms with Crippen LogP contribution in [0, 0.1) is 0 Å². The third kappa shape index (κ3) is 3.76. The molecule has 0 bridgehead atoms. The molecule has 1 N–H and O–H groups in total. The van der Waals surface area contributed by atoms with Crippen LogP contribution in [0.2, 0.25) is 13.1 Å². The first kappa shape index (κ1) is 5.76. The Bertz CT molecular complexity index is 42.8. The van der Waals surface area contributed by atoms with Gasteiger partial charge in [-0.05, 0) is 6.20 Å². The van der Waals surface area contributed by atoms with Crippen LogP contribution in [0.3, 0.4) is 0 Å². The summed E-state index contributed by atoms with van der Waals surface area (Å²) >= 11 is 0. The van der Waals surface area contributed by atoms with E-state index in [1.165, 1.54) is 0 Å². The van der Waals surface area contributed by atoms with Gasteiger partial charge in [-0.15, -0.1) is 0 Å². The fourth-order valence-corrected chi connectivity index (χ4v) is 0.707. The Kier molecular flexibility index (Phi) is 2.85. The summed E-state index contributed by atoms with van der Waals surface area (Å²) in [5.74, 6) is 0. The summed E-state index contributed by atoms with van der Waals surface area (Å²) in [6.07, 6.45) is 1.76. The lowest BCUT2D eigenvalue weighted by atomic mass is 11.1. The highest BCUT2D eigenvalue weighted by Gasteiger charge is 1.82. The third-order valence-corrected chi connectivity index (χ3v) is 1.35. The minimum absolute atomic E-state index is 0.539. The maximum absolute atomic E-state index is 3.52. The predicted molar refractivity (Wildman–Crippen MR) is 32.2 cm³/mol. The first-order valence-electron chi connectivity index (χ1n) is 2.14. The average molecular weight is 101 g/mol. The van der Waals surface area contributed by atoms with Gasteiger partial charge in [-0.1, -0.05) is 19.7 Å². The number of rotatable bonds is 2. The van der Waals surface area contributed by atoms with E-state index in [2.05, 4.69) is 24.7 Å². The summed E-state index contributed by atoms with van der Waals surface area (Å²) in [5, 5.41) is 0. The van der Waals surface area contributed by atoms with Crippen LogP contribution in [0.1, 0.15) is 0 Å². The van der Waals surface area contributed by atoms with Crippen molar-refractivity contribution in [3.63, 3.8) is 0 Å². The molecule has 0 spiro atoms. The lowest BCUT2D eigenvalue weighted by Gasteiger charge is -1.97. The van der Waals surface area contributed by atoms with E-state index in [0.717, 1.165) is 0 Å². The van der Waals surface area contributed by atoms with Crippen LogP contribution in [-0.4, -0.2) is 8.96 Å². The van der Waals surface area contributed by atoms with Gasteiger partial charge >= 0.3 is 0 Å². The molecule has 36 valence electrons. The van der Waals surface area contributed by atoms with Crippen molar-refractivity contribution >= 4 is 8.96 Å². The molecular formula is C4H11NSi. The molecule has 0 atom stereocenters. The second kappa shape index (κ2) is 2.97. The number of hydrogen-bond donors (Lipinski definition) is 1. The zero-order chi connectivity index (χ0) is 4.99. The van der Waals surface area contributed by atoms with E-state index < -0.39 is 8.96 Å². The van der Waals surface area contributed by atoms with Gasteiger partial charge in [0, 0.05) is 0 Å². The van der Waals surface area contributed by atoms with Crippen molar-refractivity contribution in [2.24, 2.45) is 0 Å². The normalized spacial score (nSPS) is 8.50. The number of hydrogen-bond acceptors (Lipinski definition) is 1. The molecule has 0 radical (unpaired) electrons. The van der Waals surface area contributed by atoms with E-state index in [0.29, 0.717) is 0 Å². The second-order valence-corrected chi connectivity index (χ2v) is 4.17. The monoisotopic (exact) mass is 101 g/mol. The largest absolute Gasteiger partial charge is 0.420 e. The molecule has 0 saturated carbocycles. The molecule has 6 heavy (non-hydrogen) atoms. The van der Waals surface area contributed by atoms with Gasteiger partial charge in [-0.3, -0.25) is 0 Å². The summed E-state index contributed by atoms with van der Waals surface area (Å²) in [5.41, 5.74) is 0. The van der Waals surface area contributed by atoms with Crippen molar-refractivity contribution in [3.05, 3.63) is 12.8 Å². The topological polar surface area (TPSA) is 12.0 Å². The average Bonchev–Trinajstić information content (AvgIpc) is 1.35. The van der Waals surface area contributed by atoms with Crippen LogP contribution in [0.4, 0.5) is 0 Å². The van der Waals surface area contributed by atoms with E-state index in [-0.39, 0.29) is 0 Å². The molecule has 0 fully saturated rings. The van der Waals surface area contributed by atoms with E-state index in [1.807, 2.05) is 0 Å². The molecular weight excluding hydrogens is 90.1 g/mol. The smallest absolute Gasteiger partial charge is 0.130 e. The first-order valence-corrected chi connectivity index (χ1v) is 5.03. The molecule has 1 nitrogen and oxygen atoms in total. The summed E-state index contributed by atoms with van der Waals surface area (Å²) in [7, 11) is -0.539. The fraction of sp³-hybridized carbons (Fsp3) is 0.500. The second-order valence-electron chi connectivity index (χ2n) is 1.53. The Morgan fingerprint density at radius 2 is 2.17 bits per heavy atom. The standard InChI is InChI=1S/C4H11NSi/c1-4-5-6(2)3/h4-6H,1H2,2-3H3. The highest BCUT2D eigenvalue weighted by Crippen LogP contribution is 1.66. The molecule has 0 amide bonds. The quantitative estimate of drug-likeness (QED) is 0.505. The Hall–Kier alpha value is -0.243. The summed E-state index contributed by atoms with van der Waals surface area (Å²) in [6, 6.07) is 0. The Labute approximate surface area is 40.8 Å². The minimum Gasteiger partial charge on any atom is -0.420 e. The van der Waals surface area contributed by atoms with Crippen molar-refractivity contribution in [2.45, 2.75) is 13.1 Å². The highest BCUT2D eigenvalue weighted by atomic mass is 28.3. The van der Waals surface area contributed by atoms with Crippen molar-refractivity contribution < 1.29 is 0 Å². The van der Waals surface area contributed by atoms with Crippen molar-refractivity contribution in [1.82, 2.24) is 4.98 Å². The van der Waals surface area contributed by atoms with Gasteiger partial charge < -0.3 is 4.98 Å². The molecule has 0 rings (SSSR count). The maximum atomic E-state index is 3.52. The molecule has 2 heteroatoms. The zero-order valence-corrected chi connectivity index (χ0v) is 5.52. The third-order valence-electron chi connectivity index (χ3n) is 0.451. The minimum atomic E-state index is -0.539. The van der Waals surface area contributed by atoms with Crippen LogP contribution in [0.15, 0.2) is 12.8 Å². The van der Waals surface area contributed by atoms with Gasteiger partial charge in [0.05, 0.1) is 0 Å². The SMILES string of the molecule is C=CN[SiH](C)C. The molecule has 0 aliphatic carbocycles. The van der Waals surface area contributed by atoms with Crippen LogP contribution < -0.4 is 4.98 Å². The Balaban J connectivity index is 2.81. The van der Waals surface area contributed by atoms with Crippen molar-refractivity contribution in [1.29, 1.82) is 0 Å². The van der Waals surface area contributed by atoms with E-state index in [1.54, 1.807) is 6.20 Å². The molecule has 0 aromatic heterocycles. The Morgan fingerprint density at radius 3 is 2.17 bits per heavy atom. The molecule has 0 saturated heterocycles. The zero-order valence-electron chi connectivity index (χ0n) is 4.36. The van der Waals surface area contributed by atoms with Gasteiger partial charge in [0.25, 0.3) is 0 Å². The van der Waals surface area contributed by atoms with Gasteiger partial charge in [0.2, 0.25) is 0 Å². The molecule has 0 aliphatic heterocycles. The maximum Gasteiger partial charge on any atom is 0.130 e.